The normalized spacial score (nSPS) is 11.4. The highest BCUT2D eigenvalue weighted by Crippen LogP contribution is 2.47. The van der Waals surface area contributed by atoms with E-state index in [9.17, 15) is 0 Å². The quantitative estimate of drug-likeness (QED) is 0.188. The molecule has 0 saturated heterocycles. The van der Waals surface area contributed by atoms with Crippen LogP contribution in [0.4, 0.5) is 0 Å². The topological polar surface area (TPSA) is 26.0 Å². The summed E-state index contributed by atoms with van der Waals surface area (Å²) in [5.74, 6) is 0.560. The number of nitrogens with zero attached hydrogens (tertiary/aromatic N) is 1. The molecule has 2 nitrogen and oxygen atoms in total. The van der Waals surface area contributed by atoms with Crippen LogP contribution in [0.25, 0.3) is 88.6 Å². The summed E-state index contributed by atoms with van der Waals surface area (Å²) in [5.41, 5.74) is 11.5. The summed E-state index contributed by atoms with van der Waals surface area (Å²) in [5, 5.41) is 5.52. The molecule has 9 aromatic rings. The lowest BCUT2D eigenvalue weighted by Gasteiger charge is -2.19. The second-order valence-corrected chi connectivity index (χ2v) is 12.4. The van der Waals surface area contributed by atoms with E-state index in [1.54, 1.807) is 0 Å². The molecule has 0 radical (unpaired) electrons. The van der Waals surface area contributed by atoms with Crippen molar-refractivity contribution in [3.63, 3.8) is 0 Å². The Kier molecular flexibility index (Phi) is 6.88. The van der Waals surface area contributed by atoms with Crippen molar-refractivity contribution in [2.75, 3.05) is 0 Å². The van der Waals surface area contributed by atoms with Gasteiger partial charge in [0, 0.05) is 16.1 Å². The summed E-state index contributed by atoms with van der Waals surface area (Å²) in [6.45, 7) is 0. The third-order valence-corrected chi connectivity index (χ3v) is 9.48. The van der Waals surface area contributed by atoms with Crippen LogP contribution < -0.4 is 0 Å². The maximum Gasteiger partial charge on any atom is 0.227 e. The Bertz CT molecular complexity index is 2620. The van der Waals surface area contributed by atoms with Gasteiger partial charge in [-0.1, -0.05) is 145 Å². The average molecular weight is 634 g/mol. The standard InChI is InChI=1S/C45H28ClNO/c46-32-25-23-31(24-26-32)45-47-44-42(48-45)28-27-41(39-19-6-5-17-37(39)35-21-9-13-29-11-1-3-15-33(29)35)43(44)40-20-8-7-18-38(40)36-22-10-14-30-12-2-4-16-34(30)36/h1-28H. The predicted octanol–water partition coefficient (Wildman–Crippen LogP) is 13.1. The maximum atomic E-state index is 6.48. The zero-order valence-corrected chi connectivity index (χ0v) is 26.7. The van der Waals surface area contributed by atoms with Crippen LogP contribution in [0.15, 0.2) is 174 Å². The average Bonchev–Trinajstić information content (AvgIpc) is 3.59. The van der Waals surface area contributed by atoms with E-state index in [1.165, 1.54) is 38.2 Å². The van der Waals surface area contributed by atoms with Crippen molar-refractivity contribution in [3.8, 4) is 56.0 Å². The van der Waals surface area contributed by atoms with Gasteiger partial charge in [0.2, 0.25) is 5.89 Å². The van der Waals surface area contributed by atoms with E-state index < -0.39 is 0 Å². The van der Waals surface area contributed by atoms with Gasteiger partial charge >= 0.3 is 0 Å². The van der Waals surface area contributed by atoms with Crippen molar-refractivity contribution in [2.24, 2.45) is 0 Å². The molecule has 0 saturated carbocycles. The molecule has 0 aliphatic heterocycles. The van der Waals surface area contributed by atoms with Gasteiger partial charge in [-0.3, -0.25) is 0 Å². The molecule has 0 fully saturated rings. The molecule has 0 aliphatic rings. The van der Waals surface area contributed by atoms with Crippen molar-refractivity contribution in [3.05, 3.63) is 175 Å². The first kappa shape index (κ1) is 28.3. The first-order chi connectivity index (χ1) is 23.7. The van der Waals surface area contributed by atoms with Crippen molar-refractivity contribution in [2.45, 2.75) is 0 Å². The van der Waals surface area contributed by atoms with Crippen molar-refractivity contribution in [1.82, 2.24) is 4.98 Å². The summed E-state index contributed by atoms with van der Waals surface area (Å²) < 4.78 is 6.48. The highest BCUT2D eigenvalue weighted by atomic mass is 35.5. The van der Waals surface area contributed by atoms with Crippen LogP contribution in [0, 0.1) is 0 Å². The Labute approximate surface area is 283 Å². The SMILES string of the molecule is Clc1ccc(-c2nc3c(-c4ccccc4-c4cccc5ccccc45)c(-c4ccccc4-c4cccc5ccccc45)ccc3o2)cc1. The van der Waals surface area contributed by atoms with E-state index in [1.807, 2.05) is 24.3 Å². The van der Waals surface area contributed by atoms with E-state index in [2.05, 4.69) is 146 Å². The first-order valence-corrected chi connectivity index (χ1v) is 16.5. The zero-order chi connectivity index (χ0) is 32.0. The fraction of sp³-hybridized carbons (Fsp3) is 0. The molecule has 1 aromatic heterocycles. The molecule has 1 heterocycles. The van der Waals surface area contributed by atoms with Gasteiger partial charge in [0.15, 0.2) is 5.58 Å². The molecule has 226 valence electrons. The second-order valence-electron chi connectivity index (χ2n) is 12.0. The smallest absolute Gasteiger partial charge is 0.227 e. The van der Waals surface area contributed by atoms with Gasteiger partial charge in [-0.15, -0.1) is 0 Å². The summed E-state index contributed by atoms with van der Waals surface area (Å²) in [7, 11) is 0. The van der Waals surface area contributed by atoms with Crippen molar-refractivity contribution >= 4 is 44.2 Å². The maximum absolute atomic E-state index is 6.48. The minimum absolute atomic E-state index is 0.560. The molecule has 0 N–H and O–H groups in total. The van der Waals surface area contributed by atoms with Crippen LogP contribution in [-0.4, -0.2) is 4.98 Å². The Morgan fingerprint density at radius 1 is 0.396 bits per heavy atom. The largest absolute Gasteiger partial charge is 0.436 e. The van der Waals surface area contributed by atoms with Gasteiger partial charge in [0.25, 0.3) is 0 Å². The lowest BCUT2D eigenvalue weighted by atomic mass is 9.84. The second kappa shape index (κ2) is 11.7. The van der Waals surface area contributed by atoms with Crippen LogP contribution in [-0.2, 0) is 0 Å². The number of rotatable bonds is 5. The molecule has 3 heteroatoms. The van der Waals surface area contributed by atoms with E-state index >= 15 is 0 Å². The van der Waals surface area contributed by atoms with Crippen LogP contribution in [0.5, 0.6) is 0 Å². The first-order valence-electron chi connectivity index (χ1n) is 16.1. The fourth-order valence-corrected chi connectivity index (χ4v) is 7.14. The molecule has 0 atom stereocenters. The van der Waals surface area contributed by atoms with Crippen LogP contribution >= 0.6 is 11.6 Å². The van der Waals surface area contributed by atoms with Gasteiger partial charge in [0.1, 0.15) is 5.52 Å². The molecule has 0 aliphatic carbocycles. The van der Waals surface area contributed by atoms with Gasteiger partial charge < -0.3 is 4.42 Å². The van der Waals surface area contributed by atoms with Crippen molar-refractivity contribution < 1.29 is 4.42 Å². The number of hydrogen-bond donors (Lipinski definition) is 0. The van der Waals surface area contributed by atoms with Gasteiger partial charge in [0.05, 0.1) is 0 Å². The lowest BCUT2D eigenvalue weighted by Crippen LogP contribution is -1.94. The molecule has 48 heavy (non-hydrogen) atoms. The molecule has 0 unspecified atom stereocenters. The van der Waals surface area contributed by atoms with E-state index in [0.29, 0.717) is 10.9 Å². The molecule has 8 aromatic carbocycles. The molecular formula is C45H28ClNO. The minimum Gasteiger partial charge on any atom is -0.436 e. The Morgan fingerprint density at radius 2 is 0.875 bits per heavy atom. The summed E-state index contributed by atoms with van der Waals surface area (Å²) in [4.78, 5) is 5.21. The van der Waals surface area contributed by atoms with Gasteiger partial charge in [-0.2, -0.15) is 0 Å². The lowest BCUT2D eigenvalue weighted by molar-refractivity contribution is 0.620. The van der Waals surface area contributed by atoms with Gasteiger partial charge in [-0.05, 0) is 96.9 Å². The van der Waals surface area contributed by atoms with Crippen LogP contribution in [0.2, 0.25) is 5.02 Å². The molecule has 0 amide bonds. The van der Waals surface area contributed by atoms with Crippen LogP contribution in [0.3, 0.4) is 0 Å². The number of fused-ring (bicyclic) bond motifs is 3. The zero-order valence-electron chi connectivity index (χ0n) is 25.9. The Hall–Kier alpha value is -5.96. The monoisotopic (exact) mass is 633 g/mol. The number of benzene rings is 8. The predicted molar refractivity (Wildman–Crippen MR) is 201 cm³/mol. The van der Waals surface area contributed by atoms with Crippen molar-refractivity contribution in [1.29, 1.82) is 0 Å². The third-order valence-electron chi connectivity index (χ3n) is 9.23. The van der Waals surface area contributed by atoms with E-state index in [4.69, 9.17) is 21.0 Å². The summed E-state index contributed by atoms with van der Waals surface area (Å²) in [6, 6.07) is 59.5. The molecule has 0 bridgehead atoms. The van der Waals surface area contributed by atoms with Gasteiger partial charge in [-0.25, -0.2) is 4.98 Å². The summed E-state index contributed by atoms with van der Waals surface area (Å²) >= 11 is 6.24. The minimum atomic E-state index is 0.560. The summed E-state index contributed by atoms with van der Waals surface area (Å²) in [6.07, 6.45) is 0. The Balaban J connectivity index is 1.36. The number of oxazole rings is 1. The van der Waals surface area contributed by atoms with Crippen LogP contribution in [0.1, 0.15) is 0 Å². The fourth-order valence-electron chi connectivity index (χ4n) is 7.02. The van der Waals surface area contributed by atoms with E-state index in [0.717, 1.165) is 44.5 Å². The highest BCUT2D eigenvalue weighted by molar-refractivity contribution is 6.30. The highest BCUT2D eigenvalue weighted by Gasteiger charge is 2.23. The Morgan fingerprint density at radius 3 is 1.50 bits per heavy atom. The number of halogens is 1. The molecular weight excluding hydrogens is 606 g/mol. The molecule has 9 rings (SSSR count). The van der Waals surface area contributed by atoms with E-state index in [-0.39, 0.29) is 0 Å². The molecule has 0 spiro atoms. The number of aromatic nitrogens is 1. The number of hydrogen-bond acceptors (Lipinski definition) is 2. The third kappa shape index (κ3) is 4.78.